The number of rotatable bonds is 6. The number of aliphatic hydroxyl groups excluding tert-OH is 2. The predicted molar refractivity (Wildman–Crippen MR) is 45.8 cm³/mol. The van der Waals surface area contributed by atoms with Crippen molar-refractivity contribution in [3.8, 4) is 0 Å². The molecule has 0 saturated carbocycles. The van der Waals surface area contributed by atoms with Crippen molar-refractivity contribution in [1.29, 1.82) is 0 Å². The summed E-state index contributed by atoms with van der Waals surface area (Å²) in [5.41, 5.74) is 0. The first-order chi connectivity index (χ1) is 4.41. The minimum absolute atomic E-state index is 0. The third-order valence-corrected chi connectivity index (χ3v) is 1.32. The molecule has 3 heteroatoms. The highest BCUT2D eigenvalue weighted by Gasteiger charge is 1.86. The lowest BCUT2D eigenvalue weighted by atomic mass is 10.2. The van der Waals surface area contributed by atoms with Gasteiger partial charge in [-0.3, -0.25) is 0 Å². The third-order valence-electron chi connectivity index (χ3n) is 1.32. The van der Waals surface area contributed by atoms with Gasteiger partial charge >= 0.3 is 23.1 Å². The number of unbranched alkanes of at least 4 members (excludes halogenated alkanes) is 4. The lowest BCUT2D eigenvalue weighted by Gasteiger charge is -1.95. The Morgan fingerprint density at radius 3 is 1.20 bits per heavy atom. The normalized spacial score (nSPS) is 9.00. The average molecular weight is 159 g/mol. The predicted octanol–water partition coefficient (Wildman–Crippen LogP) is 0.00530. The molecule has 2 N–H and O–H groups in total. The first-order valence-electron chi connectivity index (χ1n) is 3.63. The fourth-order valence-corrected chi connectivity index (χ4v) is 0.754. The van der Waals surface area contributed by atoms with E-state index in [9.17, 15) is 0 Å². The molecule has 0 aromatic rings. The van der Waals surface area contributed by atoms with Crippen LogP contribution in [0.15, 0.2) is 0 Å². The van der Waals surface area contributed by atoms with Crippen molar-refractivity contribution in [3.63, 3.8) is 0 Å². The molecule has 0 fully saturated rings. The molecule has 0 aliphatic carbocycles. The maximum atomic E-state index is 8.37. The quantitative estimate of drug-likeness (QED) is 0.422. The van der Waals surface area contributed by atoms with Crippen LogP contribution < -0.4 is 0 Å². The van der Waals surface area contributed by atoms with Gasteiger partial charge in [-0.25, -0.2) is 0 Å². The van der Waals surface area contributed by atoms with Crippen LogP contribution >= 0.6 is 0 Å². The van der Waals surface area contributed by atoms with Crippen LogP contribution in [0.2, 0.25) is 0 Å². The van der Waals surface area contributed by atoms with Crippen LogP contribution in [0.1, 0.15) is 32.1 Å². The molecule has 0 spiro atoms. The van der Waals surface area contributed by atoms with Crippen molar-refractivity contribution in [2.24, 2.45) is 0 Å². The van der Waals surface area contributed by atoms with E-state index < -0.39 is 0 Å². The molecule has 10 heavy (non-hydrogen) atoms. The van der Waals surface area contributed by atoms with Gasteiger partial charge in [0.2, 0.25) is 0 Å². The summed E-state index contributed by atoms with van der Waals surface area (Å²) in [6.45, 7) is 0.609. The first-order valence-corrected chi connectivity index (χ1v) is 3.63. The van der Waals surface area contributed by atoms with E-state index in [0.29, 0.717) is 13.2 Å². The summed E-state index contributed by atoms with van der Waals surface area (Å²) >= 11 is 0. The van der Waals surface area contributed by atoms with Crippen LogP contribution in [0, 0.1) is 0 Å². The molecule has 60 valence electrons. The zero-order chi connectivity index (χ0) is 6.95. The number of hydrogen-bond acceptors (Lipinski definition) is 2. The van der Waals surface area contributed by atoms with Crippen molar-refractivity contribution in [3.05, 3.63) is 0 Å². The maximum Gasteiger partial charge on any atom is 0.316 e. The molecule has 0 saturated heterocycles. The molecule has 0 aromatic heterocycles. The molecule has 2 nitrogen and oxygen atoms in total. The van der Waals surface area contributed by atoms with Crippen molar-refractivity contribution in [2.45, 2.75) is 32.1 Å². The Morgan fingerprint density at radius 2 is 0.900 bits per heavy atom. The van der Waals surface area contributed by atoms with Crippen LogP contribution in [0.4, 0.5) is 0 Å². The maximum absolute atomic E-state index is 8.37. The zero-order valence-corrected chi connectivity index (χ0v) is 5.84. The standard InChI is InChI=1S/C7H16O2.Mg.2H/c8-6-4-2-1-3-5-7-9;;;/h8-9H,1-7H2;;;. The Balaban J connectivity index is 0. The van der Waals surface area contributed by atoms with E-state index in [0.717, 1.165) is 32.1 Å². The Bertz CT molecular complexity index is 44.9. The smallest absolute Gasteiger partial charge is 0.316 e. The van der Waals surface area contributed by atoms with Crippen molar-refractivity contribution >= 4 is 23.1 Å². The van der Waals surface area contributed by atoms with Gasteiger partial charge in [0.15, 0.2) is 0 Å². The lowest BCUT2D eigenvalue weighted by Crippen LogP contribution is -1.85. The molecular formula is C7H18MgO2. The number of aliphatic hydroxyl groups is 2. The van der Waals surface area contributed by atoms with Gasteiger partial charge in [-0.05, 0) is 12.8 Å². The van der Waals surface area contributed by atoms with E-state index in [-0.39, 0.29) is 23.1 Å². The van der Waals surface area contributed by atoms with Crippen LogP contribution in [-0.2, 0) is 0 Å². The van der Waals surface area contributed by atoms with Crippen LogP contribution in [0.3, 0.4) is 0 Å². The highest BCUT2D eigenvalue weighted by atomic mass is 24.3. The first kappa shape index (κ1) is 13.3. The Morgan fingerprint density at radius 1 is 0.600 bits per heavy atom. The van der Waals surface area contributed by atoms with Crippen LogP contribution in [-0.4, -0.2) is 46.5 Å². The van der Waals surface area contributed by atoms with Gasteiger partial charge in [0.1, 0.15) is 0 Å². The average Bonchev–Trinajstić information content (AvgIpc) is 1.89. The van der Waals surface area contributed by atoms with Gasteiger partial charge in [0.05, 0.1) is 0 Å². The zero-order valence-electron chi connectivity index (χ0n) is 5.84. The Labute approximate surface area is 78.8 Å². The summed E-state index contributed by atoms with van der Waals surface area (Å²) in [5, 5.41) is 16.7. The van der Waals surface area contributed by atoms with Crippen molar-refractivity contribution in [2.75, 3.05) is 13.2 Å². The second-order valence-corrected chi connectivity index (χ2v) is 2.21. The minimum Gasteiger partial charge on any atom is -0.396 e. The molecule has 0 unspecified atom stereocenters. The Hall–Kier alpha value is 0.686. The third kappa shape index (κ3) is 11.5. The highest BCUT2D eigenvalue weighted by molar-refractivity contribution is 5.75. The number of hydrogen-bond donors (Lipinski definition) is 2. The summed E-state index contributed by atoms with van der Waals surface area (Å²) in [6.07, 6.45) is 5.14. The highest BCUT2D eigenvalue weighted by Crippen LogP contribution is 2.00. The molecule has 0 heterocycles. The van der Waals surface area contributed by atoms with Crippen molar-refractivity contribution < 1.29 is 10.2 Å². The van der Waals surface area contributed by atoms with E-state index in [1.54, 1.807) is 0 Å². The molecule has 0 atom stereocenters. The summed E-state index contributed by atoms with van der Waals surface area (Å²) < 4.78 is 0. The molecule has 0 radical (unpaired) electrons. The van der Waals surface area contributed by atoms with Gasteiger partial charge < -0.3 is 10.2 Å². The molecule has 0 aliphatic rings. The van der Waals surface area contributed by atoms with E-state index in [1.807, 2.05) is 0 Å². The fourth-order valence-electron chi connectivity index (χ4n) is 0.754. The molecular weight excluding hydrogens is 140 g/mol. The van der Waals surface area contributed by atoms with Gasteiger partial charge in [-0.1, -0.05) is 19.3 Å². The minimum atomic E-state index is 0. The monoisotopic (exact) mass is 158 g/mol. The molecule has 0 aromatic carbocycles. The molecule has 0 bridgehead atoms. The molecule has 0 amide bonds. The van der Waals surface area contributed by atoms with Gasteiger partial charge in [-0.2, -0.15) is 0 Å². The second-order valence-electron chi connectivity index (χ2n) is 2.21. The van der Waals surface area contributed by atoms with E-state index in [1.165, 1.54) is 0 Å². The van der Waals surface area contributed by atoms with E-state index >= 15 is 0 Å². The SMILES string of the molecule is OCCCCCCCO.[MgH2]. The van der Waals surface area contributed by atoms with E-state index in [2.05, 4.69) is 0 Å². The second kappa shape index (κ2) is 12.4. The van der Waals surface area contributed by atoms with Crippen molar-refractivity contribution in [1.82, 2.24) is 0 Å². The summed E-state index contributed by atoms with van der Waals surface area (Å²) in [4.78, 5) is 0. The molecule has 0 aliphatic heterocycles. The summed E-state index contributed by atoms with van der Waals surface area (Å²) in [6, 6.07) is 0. The topological polar surface area (TPSA) is 40.5 Å². The lowest BCUT2D eigenvalue weighted by molar-refractivity contribution is 0.272. The summed E-state index contributed by atoms with van der Waals surface area (Å²) in [5.74, 6) is 0. The Kier molecular flexibility index (Phi) is 16.4. The van der Waals surface area contributed by atoms with Crippen LogP contribution in [0.5, 0.6) is 0 Å². The van der Waals surface area contributed by atoms with E-state index in [4.69, 9.17) is 10.2 Å². The van der Waals surface area contributed by atoms with Gasteiger partial charge in [-0.15, -0.1) is 0 Å². The van der Waals surface area contributed by atoms with Gasteiger partial charge in [0, 0.05) is 13.2 Å². The fraction of sp³-hybridized carbons (Fsp3) is 1.00. The largest absolute Gasteiger partial charge is 0.396 e. The summed E-state index contributed by atoms with van der Waals surface area (Å²) in [7, 11) is 0. The van der Waals surface area contributed by atoms with Gasteiger partial charge in [0.25, 0.3) is 0 Å². The molecule has 0 rings (SSSR count). The van der Waals surface area contributed by atoms with Crippen LogP contribution in [0.25, 0.3) is 0 Å².